The van der Waals surface area contributed by atoms with Crippen LogP contribution >= 0.6 is 0 Å². The molecule has 0 atom stereocenters. The summed E-state index contributed by atoms with van der Waals surface area (Å²) < 4.78 is 1.49. The molecule has 0 fully saturated rings. The zero-order valence-electron chi connectivity index (χ0n) is 60.7. The van der Waals surface area contributed by atoms with Crippen LogP contribution in [0, 0.1) is 25.7 Å². The van der Waals surface area contributed by atoms with Crippen molar-refractivity contribution in [2.75, 3.05) is 0 Å². The van der Waals surface area contributed by atoms with Crippen molar-refractivity contribution in [3.05, 3.63) is 101 Å². The second-order valence-corrected chi connectivity index (χ2v) is 27.2. The van der Waals surface area contributed by atoms with Crippen molar-refractivity contribution < 1.29 is 21.2 Å². The maximum Gasteiger partial charge on any atom is 2.00 e. The average molecular weight is 1270 g/mol. The van der Waals surface area contributed by atoms with E-state index >= 15 is 0 Å². The van der Waals surface area contributed by atoms with Gasteiger partial charge in [0.15, 0.2) is 0 Å². The Balaban J connectivity index is 0.00000236. The van der Waals surface area contributed by atoms with E-state index in [-0.39, 0.29) is 16.5 Å². The Morgan fingerprint density at radius 2 is 0.539 bits per heavy atom. The minimum Gasteiger partial charge on any atom is -0.493 e. The minimum atomic E-state index is 0. The average Bonchev–Trinajstić information content (AvgIpc) is 1.65. The van der Waals surface area contributed by atoms with Gasteiger partial charge in [0.25, 0.3) is 0 Å². The third-order valence-corrected chi connectivity index (χ3v) is 18.7. The van der Waals surface area contributed by atoms with E-state index in [1.807, 2.05) is 0 Å². The number of aryl methyl sites for hydroxylation is 2. The van der Waals surface area contributed by atoms with Gasteiger partial charge in [0.2, 0.25) is 11.4 Å². The molecule has 89 heavy (non-hydrogen) atoms. The van der Waals surface area contributed by atoms with E-state index in [2.05, 4.69) is 116 Å². The van der Waals surface area contributed by atoms with E-state index in [1.54, 1.807) is 0 Å². The molecule has 0 unspecified atom stereocenters. The predicted octanol–water partition coefficient (Wildman–Crippen LogP) is 30.3. The van der Waals surface area contributed by atoms with Gasteiger partial charge >= 0.3 is 16.5 Å². The summed E-state index contributed by atoms with van der Waals surface area (Å²) in [6.07, 6.45) is 81.2. The van der Waals surface area contributed by atoms with Gasteiger partial charge in [-0.15, -0.1) is 0 Å². The summed E-state index contributed by atoms with van der Waals surface area (Å²) in [4.78, 5) is 0. The third kappa shape index (κ3) is 49.8. The van der Waals surface area contributed by atoms with Crippen LogP contribution in [-0.2, 0) is 29.3 Å². The summed E-state index contributed by atoms with van der Waals surface area (Å²) in [5, 5.41) is 0. The van der Waals surface area contributed by atoms with Crippen LogP contribution in [0.3, 0.4) is 0 Å². The molecular formula is C86H150N2Ni. The Labute approximate surface area is 569 Å². The van der Waals surface area contributed by atoms with E-state index in [4.69, 9.17) is 0 Å². The second-order valence-electron chi connectivity index (χ2n) is 27.2. The molecular weight excluding hydrogens is 1120 g/mol. The van der Waals surface area contributed by atoms with Crippen LogP contribution in [0.25, 0.3) is 16.9 Å². The zero-order chi connectivity index (χ0) is 63.7. The van der Waals surface area contributed by atoms with Crippen LogP contribution in [0.4, 0.5) is 0 Å². The first-order chi connectivity index (χ1) is 43.5. The third-order valence-electron chi connectivity index (χ3n) is 18.7. The SMILES string of the molecule is CCCCCCCCCCCCCCCCCCCCCCCCCCCC#CC1=C(c2ccc(CCCCCC)cc2)[N+](=[N-])C(c2ccc(CCCC)cc2)=C1CCCCC.[CH2-]CCCCCCCCCCCC.[CH2-]CCCCCCCCCCCC.[Ni+2]. The van der Waals surface area contributed by atoms with E-state index in [0.717, 1.165) is 79.5 Å². The second kappa shape index (κ2) is 68.4. The zero-order valence-corrected chi connectivity index (χ0v) is 61.7. The standard InChI is InChI=1S/C60H96N2.2C13H27.Ni/c1-5-9-13-15-16-17-18-19-20-21-22-23-24-25-26-27-28-29-30-31-32-33-34-35-36-37-40-44-58-57(43-38-11-7-3)59(55-49-45-53(46-50-55)41-12-8-4)62(61)60(58)56-51-47-54(48-52-56)42-39-14-10-6-2;2*1-3-5-7-9-11-13-12-10-8-6-4-2;/h45-52H,5-39,41-43H2,1-4H3;2*1,3-13H2,2H3;/q;2*-1;+2. The molecule has 3 heteroatoms. The molecule has 2 aromatic rings. The van der Waals surface area contributed by atoms with Crippen molar-refractivity contribution in [1.82, 2.24) is 0 Å². The van der Waals surface area contributed by atoms with E-state index in [1.165, 1.54) is 355 Å². The molecule has 1 aliphatic heterocycles. The molecule has 2 aromatic carbocycles. The van der Waals surface area contributed by atoms with Gasteiger partial charge < -0.3 is 19.4 Å². The van der Waals surface area contributed by atoms with Gasteiger partial charge in [-0.25, -0.2) is 4.70 Å². The van der Waals surface area contributed by atoms with Gasteiger partial charge in [-0.1, -0.05) is 399 Å². The van der Waals surface area contributed by atoms with Gasteiger partial charge in [0.05, 0.1) is 0 Å². The van der Waals surface area contributed by atoms with Gasteiger partial charge in [0.1, 0.15) is 5.57 Å². The van der Waals surface area contributed by atoms with Crippen molar-refractivity contribution in [3.8, 4) is 11.8 Å². The molecule has 0 saturated carbocycles. The first kappa shape index (κ1) is 86.6. The molecule has 3 rings (SSSR count). The topological polar surface area (TPSA) is 25.3 Å². The fraction of sp³-hybridized carbons (Fsp3) is 0.767. The normalized spacial score (nSPS) is 12.0. The van der Waals surface area contributed by atoms with Crippen LogP contribution in [0.5, 0.6) is 0 Å². The van der Waals surface area contributed by atoms with Crippen LogP contribution in [0.1, 0.15) is 436 Å². The van der Waals surface area contributed by atoms with Crippen LogP contribution in [0.15, 0.2) is 59.7 Å². The molecule has 2 nitrogen and oxygen atoms in total. The molecule has 0 aromatic heterocycles. The Kier molecular flexibility index (Phi) is 66.6. The summed E-state index contributed by atoms with van der Waals surface area (Å²) in [5.41, 5.74) is 21.0. The molecule has 514 valence electrons. The van der Waals surface area contributed by atoms with Crippen LogP contribution in [0.2, 0.25) is 0 Å². The quantitative estimate of drug-likeness (QED) is 0.0207. The van der Waals surface area contributed by atoms with Gasteiger partial charge in [-0.2, -0.15) is 12.8 Å². The van der Waals surface area contributed by atoms with Crippen molar-refractivity contribution >= 4 is 11.4 Å². The summed E-state index contributed by atoms with van der Waals surface area (Å²) in [6.45, 7) is 21.4. The van der Waals surface area contributed by atoms with Crippen LogP contribution in [-0.4, -0.2) is 4.70 Å². The molecule has 0 spiro atoms. The smallest absolute Gasteiger partial charge is 0.493 e. The summed E-state index contributed by atoms with van der Waals surface area (Å²) in [5.74, 6) is 7.29. The number of unbranched alkanes of at least 4 members (excludes halogenated alkanes) is 51. The van der Waals surface area contributed by atoms with Crippen LogP contribution < -0.4 is 0 Å². The molecule has 0 N–H and O–H groups in total. The largest absolute Gasteiger partial charge is 2.00 e. The minimum absolute atomic E-state index is 0. The molecule has 0 saturated heterocycles. The maximum absolute atomic E-state index is 12.1. The Morgan fingerprint density at radius 3 is 0.854 bits per heavy atom. The van der Waals surface area contributed by atoms with Crippen molar-refractivity contribution in [2.24, 2.45) is 0 Å². The Morgan fingerprint density at radius 1 is 0.292 bits per heavy atom. The first-order valence-corrected chi connectivity index (χ1v) is 39.7. The number of rotatable bonds is 59. The van der Waals surface area contributed by atoms with Gasteiger partial charge in [-0.05, 0) is 80.3 Å². The number of allylic oxidation sites excluding steroid dienone is 2. The van der Waals surface area contributed by atoms with Gasteiger partial charge in [0, 0.05) is 23.1 Å². The summed E-state index contributed by atoms with van der Waals surface area (Å²) in [7, 11) is 0. The molecule has 1 aliphatic rings. The molecule has 0 amide bonds. The predicted molar refractivity (Wildman–Crippen MR) is 398 cm³/mol. The van der Waals surface area contributed by atoms with E-state index < -0.39 is 0 Å². The maximum atomic E-state index is 12.1. The van der Waals surface area contributed by atoms with Crippen molar-refractivity contribution in [1.29, 1.82) is 0 Å². The first-order valence-electron chi connectivity index (χ1n) is 39.7. The monoisotopic (exact) mass is 1270 g/mol. The van der Waals surface area contributed by atoms with E-state index in [0.29, 0.717) is 0 Å². The molecule has 0 radical (unpaired) electrons. The summed E-state index contributed by atoms with van der Waals surface area (Å²) in [6, 6.07) is 17.9. The molecule has 0 aliphatic carbocycles. The Hall–Kier alpha value is -2.43. The van der Waals surface area contributed by atoms with Crippen molar-refractivity contribution in [2.45, 2.75) is 427 Å². The fourth-order valence-corrected chi connectivity index (χ4v) is 12.7. The fourth-order valence-electron chi connectivity index (χ4n) is 12.7. The number of hydrogen-bond acceptors (Lipinski definition) is 0. The molecule has 1 heterocycles. The van der Waals surface area contributed by atoms with Gasteiger partial charge in [-0.3, -0.25) is 0 Å². The number of hydrogen-bond donors (Lipinski definition) is 0. The number of benzene rings is 2. The summed E-state index contributed by atoms with van der Waals surface area (Å²) >= 11 is 0. The van der Waals surface area contributed by atoms with Crippen molar-refractivity contribution in [3.63, 3.8) is 0 Å². The van der Waals surface area contributed by atoms with E-state index in [9.17, 15) is 5.53 Å². The molecule has 0 bridgehead atoms. The number of nitrogens with zero attached hydrogens (tertiary/aromatic N) is 2. The Bertz CT molecular complexity index is 1880.